The summed E-state index contributed by atoms with van der Waals surface area (Å²) in [4.78, 5) is 0. The second-order valence-electron chi connectivity index (χ2n) is 5.41. The molecule has 2 heterocycles. The van der Waals surface area contributed by atoms with E-state index in [2.05, 4.69) is 52.5 Å². The third kappa shape index (κ3) is 4.54. The predicted molar refractivity (Wildman–Crippen MR) is 86.5 cm³/mol. The second-order valence-corrected chi connectivity index (χ2v) is 6.48. The van der Waals surface area contributed by atoms with Gasteiger partial charge in [-0.1, -0.05) is 32.1 Å². The van der Waals surface area contributed by atoms with E-state index >= 15 is 0 Å². The summed E-state index contributed by atoms with van der Waals surface area (Å²) in [5, 5.41) is 22.5. The zero-order valence-corrected chi connectivity index (χ0v) is 14.0. The van der Waals surface area contributed by atoms with Gasteiger partial charge in [-0.15, -0.1) is 10.2 Å². The maximum absolute atomic E-state index is 4.33. The van der Waals surface area contributed by atoms with Gasteiger partial charge < -0.3 is 5.32 Å². The van der Waals surface area contributed by atoms with E-state index in [1.807, 2.05) is 6.92 Å². The molecule has 0 spiro atoms. The van der Waals surface area contributed by atoms with E-state index in [-0.39, 0.29) is 0 Å². The number of rotatable bonds is 7. The number of hydrogen-bond acceptors (Lipinski definition) is 6. The molecule has 21 heavy (non-hydrogen) atoms. The topological polar surface area (TPSA) is 63.6 Å². The number of nitrogens with zero attached hydrogens (tertiary/aromatic N) is 4. The van der Waals surface area contributed by atoms with Gasteiger partial charge in [0.25, 0.3) is 0 Å². The van der Waals surface area contributed by atoms with Crippen LogP contribution in [0.3, 0.4) is 0 Å². The Hall–Kier alpha value is -1.40. The summed E-state index contributed by atoms with van der Waals surface area (Å²) in [7, 11) is 0. The minimum atomic E-state index is 0.535. The first-order valence-electron chi connectivity index (χ1n) is 7.49. The minimum Gasteiger partial charge on any atom is -0.315 e. The van der Waals surface area contributed by atoms with Gasteiger partial charge in [-0.25, -0.2) is 0 Å². The first-order valence-corrected chi connectivity index (χ1v) is 8.31. The van der Waals surface area contributed by atoms with E-state index in [9.17, 15) is 0 Å². The van der Waals surface area contributed by atoms with Crippen molar-refractivity contribution in [2.24, 2.45) is 0 Å². The molecule has 0 aromatic carbocycles. The predicted octanol–water partition coefficient (Wildman–Crippen LogP) is 2.80. The van der Waals surface area contributed by atoms with Crippen LogP contribution in [0.4, 0.5) is 0 Å². The smallest absolute Gasteiger partial charge is 0.149 e. The van der Waals surface area contributed by atoms with E-state index in [4.69, 9.17) is 0 Å². The summed E-state index contributed by atoms with van der Waals surface area (Å²) in [5.74, 6) is 0. The molecule has 0 fully saturated rings. The van der Waals surface area contributed by atoms with Crippen LogP contribution in [0.25, 0.3) is 10.6 Å². The van der Waals surface area contributed by atoms with Crippen molar-refractivity contribution in [2.75, 3.05) is 6.54 Å². The van der Waals surface area contributed by atoms with E-state index in [1.165, 1.54) is 0 Å². The molecular weight excluding hydrogens is 282 g/mol. The fraction of sp³-hybridized carbons (Fsp3) is 0.600. The Morgan fingerprint density at radius 2 is 2.00 bits per heavy atom. The molecule has 5 nitrogen and oxygen atoms in total. The molecule has 6 heteroatoms. The summed E-state index contributed by atoms with van der Waals surface area (Å²) < 4.78 is 0. The first kappa shape index (κ1) is 16.0. The summed E-state index contributed by atoms with van der Waals surface area (Å²) >= 11 is 1.67. The maximum Gasteiger partial charge on any atom is 0.149 e. The molecule has 2 aromatic heterocycles. The van der Waals surface area contributed by atoms with Crippen molar-refractivity contribution in [1.82, 2.24) is 25.7 Å². The van der Waals surface area contributed by atoms with Crippen molar-refractivity contribution in [3.8, 4) is 10.6 Å². The highest BCUT2D eigenvalue weighted by Crippen LogP contribution is 2.26. The Morgan fingerprint density at radius 1 is 1.19 bits per heavy atom. The van der Waals surface area contributed by atoms with Crippen molar-refractivity contribution >= 4 is 11.3 Å². The van der Waals surface area contributed by atoms with Crippen LogP contribution in [0, 0.1) is 6.92 Å². The Balaban J connectivity index is 2.04. The maximum atomic E-state index is 4.33. The molecular formula is C15H23N5S. The van der Waals surface area contributed by atoms with Crippen molar-refractivity contribution in [3.63, 3.8) is 0 Å². The highest BCUT2D eigenvalue weighted by atomic mass is 32.1. The van der Waals surface area contributed by atoms with Crippen LogP contribution in [-0.4, -0.2) is 33.0 Å². The average Bonchev–Trinajstić information content (AvgIpc) is 2.92. The number of nitrogens with one attached hydrogen (secondary N) is 1. The zero-order valence-electron chi connectivity index (χ0n) is 13.2. The molecule has 0 amide bonds. The van der Waals surface area contributed by atoms with Gasteiger partial charge in [-0.3, -0.25) is 0 Å². The quantitative estimate of drug-likeness (QED) is 0.797. The Kier molecular flexibility index (Phi) is 5.76. The molecule has 0 atom stereocenters. The number of aryl methyl sites for hydroxylation is 3. The van der Waals surface area contributed by atoms with Crippen molar-refractivity contribution in [2.45, 2.75) is 53.0 Å². The third-order valence-electron chi connectivity index (χ3n) is 3.14. The van der Waals surface area contributed by atoms with Gasteiger partial charge in [-0.2, -0.15) is 10.2 Å². The highest BCUT2D eigenvalue weighted by molar-refractivity contribution is 7.14. The van der Waals surface area contributed by atoms with Crippen molar-refractivity contribution in [1.29, 1.82) is 0 Å². The first-order chi connectivity index (χ1) is 10.1. The van der Waals surface area contributed by atoms with Crippen LogP contribution in [0.15, 0.2) is 6.07 Å². The van der Waals surface area contributed by atoms with Crippen LogP contribution >= 0.6 is 11.3 Å². The summed E-state index contributed by atoms with van der Waals surface area (Å²) in [5.41, 5.74) is 2.99. The Bertz CT molecular complexity index is 579. The van der Waals surface area contributed by atoms with Crippen LogP contribution in [0.1, 0.15) is 43.6 Å². The van der Waals surface area contributed by atoms with Crippen LogP contribution in [0.5, 0.6) is 0 Å². The molecule has 0 aliphatic rings. The number of hydrogen-bond donors (Lipinski definition) is 1. The fourth-order valence-electron chi connectivity index (χ4n) is 2.05. The van der Waals surface area contributed by atoms with E-state index in [0.29, 0.717) is 6.04 Å². The molecule has 1 N–H and O–H groups in total. The third-order valence-corrected chi connectivity index (χ3v) is 4.16. The van der Waals surface area contributed by atoms with E-state index in [1.54, 1.807) is 11.3 Å². The molecule has 0 radical (unpaired) electrons. The molecule has 2 rings (SSSR count). The van der Waals surface area contributed by atoms with Gasteiger partial charge in [0.1, 0.15) is 10.0 Å². The molecule has 0 saturated heterocycles. The highest BCUT2D eigenvalue weighted by Gasteiger charge is 2.12. The lowest BCUT2D eigenvalue weighted by Gasteiger charge is -2.05. The molecule has 2 aromatic rings. The zero-order chi connectivity index (χ0) is 15.2. The fourth-order valence-corrected chi connectivity index (χ4v) is 2.97. The van der Waals surface area contributed by atoms with Crippen molar-refractivity contribution in [3.05, 3.63) is 22.5 Å². The molecule has 0 bridgehead atoms. The standard InChI is InChI=1S/C15H23N5S/c1-5-13-12(9-11(4)17-18-13)15-20-19-14(21-15)7-6-8-16-10(2)3/h9-10,16H,5-8H2,1-4H3. The van der Waals surface area contributed by atoms with Gasteiger partial charge in [0.2, 0.25) is 0 Å². The van der Waals surface area contributed by atoms with E-state index in [0.717, 1.165) is 52.8 Å². The van der Waals surface area contributed by atoms with E-state index < -0.39 is 0 Å². The molecule has 114 valence electrons. The van der Waals surface area contributed by atoms with Gasteiger partial charge >= 0.3 is 0 Å². The summed E-state index contributed by atoms with van der Waals surface area (Å²) in [6, 6.07) is 2.59. The SMILES string of the molecule is CCc1nnc(C)cc1-c1nnc(CCCNC(C)C)s1. The minimum absolute atomic E-state index is 0.535. The summed E-state index contributed by atoms with van der Waals surface area (Å²) in [6.45, 7) is 9.38. The molecule has 0 aliphatic heterocycles. The Morgan fingerprint density at radius 3 is 2.71 bits per heavy atom. The van der Waals surface area contributed by atoms with Crippen LogP contribution in [0.2, 0.25) is 0 Å². The van der Waals surface area contributed by atoms with Crippen LogP contribution in [-0.2, 0) is 12.8 Å². The Labute approximate surface area is 130 Å². The average molecular weight is 305 g/mol. The lowest BCUT2D eigenvalue weighted by atomic mass is 10.1. The second kappa shape index (κ2) is 7.56. The van der Waals surface area contributed by atoms with Gasteiger partial charge in [0.05, 0.1) is 11.4 Å². The van der Waals surface area contributed by atoms with Crippen molar-refractivity contribution < 1.29 is 0 Å². The molecule has 0 aliphatic carbocycles. The van der Waals surface area contributed by atoms with Gasteiger partial charge in [-0.05, 0) is 32.4 Å². The largest absolute Gasteiger partial charge is 0.315 e. The number of aromatic nitrogens is 4. The van der Waals surface area contributed by atoms with Crippen LogP contribution < -0.4 is 5.32 Å². The summed E-state index contributed by atoms with van der Waals surface area (Å²) in [6.07, 6.45) is 2.91. The monoisotopic (exact) mass is 305 g/mol. The van der Waals surface area contributed by atoms with Gasteiger partial charge in [0.15, 0.2) is 0 Å². The lowest BCUT2D eigenvalue weighted by molar-refractivity contribution is 0.569. The lowest BCUT2D eigenvalue weighted by Crippen LogP contribution is -2.23. The molecule has 0 saturated carbocycles. The molecule has 0 unspecified atom stereocenters. The normalized spacial score (nSPS) is 11.3. The van der Waals surface area contributed by atoms with Gasteiger partial charge in [0, 0.05) is 18.0 Å².